The van der Waals surface area contributed by atoms with E-state index in [1.807, 2.05) is 19.4 Å². The van der Waals surface area contributed by atoms with Gasteiger partial charge in [0.15, 0.2) is 0 Å². The van der Waals surface area contributed by atoms with Crippen LogP contribution in [-0.4, -0.2) is 41.5 Å². The van der Waals surface area contributed by atoms with Crippen molar-refractivity contribution in [2.45, 2.75) is 57.2 Å². The van der Waals surface area contributed by atoms with Crippen molar-refractivity contribution in [1.29, 1.82) is 0 Å². The molecule has 124 valence electrons. The Labute approximate surface area is 132 Å². The zero-order valence-electron chi connectivity index (χ0n) is 13.8. The number of unbranched alkanes of at least 4 members (excludes halogenated alkanes) is 1. The number of hydrogen-bond donors (Lipinski definition) is 2. The number of carbonyl (C=O) groups excluding carboxylic acids is 1. The SMILES string of the molecule is CCCC[C@@H](COC)N[C@@H]1CCC(=O)N[C@H]1c1cnn(C)c1. The second kappa shape index (κ2) is 8.29. The molecule has 1 saturated heterocycles. The van der Waals surface area contributed by atoms with Crippen LogP contribution in [0.3, 0.4) is 0 Å². The maximum atomic E-state index is 11.8. The second-order valence-corrected chi connectivity index (χ2v) is 6.10. The predicted octanol–water partition coefficient (Wildman–Crippen LogP) is 1.53. The standard InChI is InChI=1S/C16H28N4O2/c1-4-5-6-13(11-22-3)18-14-7-8-15(21)19-16(14)12-9-17-20(2)10-12/h9-10,13-14,16,18H,4-8,11H2,1-3H3,(H,19,21)/t13-,14+,16-/m0/s1. The van der Waals surface area contributed by atoms with E-state index in [4.69, 9.17) is 4.74 Å². The summed E-state index contributed by atoms with van der Waals surface area (Å²) in [6.45, 7) is 2.90. The molecule has 0 bridgehead atoms. The monoisotopic (exact) mass is 308 g/mol. The van der Waals surface area contributed by atoms with Gasteiger partial charge in [-0.3, -0.25) is 9.48 Å². The van der Waals surface area contributed by atoms with E-state index >= 15 is 0 Å². The quantitative estimate of drug-likeness (QED) is 0.764. The molecule has 1 aliphatic rings. The van der Waals surface area contributed by atoms with Crippen LogP contribution in [0.5, 0.6) is 0 Å². The number of aryl methyl sites for hydroxylation is 1. The highest BCUT2D eigenvalue weighted by molar-refractivity contribution is 5.77. The minimum absolute atomic E-state index is 0.0177. The van der Waals surface area contributed by atoms with Crippen LogP contribution < -0.4 is 10.6 Å². The highest BCUT2D eigenvalue weighted by Crippen LogP contribution is 2.24. The average Bonchev–Trinajstić information content (AvgIpc) is 2.93. The molecule has 0 spiro atoms. The maximum Gasteiger partial charge on any atom is 0.220 e. The van der Waals surface area contributed by atoms with Gasteiger partial charge in [0.1, 0.15) is 0 Å². The number of carbonyl (C=O) groups is 1. The van der Waals surface area contributed by atoms with E-state index in [0.29, 0.717) is 19.1 Å². The van der Waals surface area contributed by atoms with Gasteiger partial charge in [-0.25, -0.2) is 0 Å². The zero-order chi connectivity index (χ0) is 15.9. The van der Waals surface area contributed by atoms with Gasteiger partial charge in [0, 0.05) is 44.4 Å². The van der Waals surface area contributed by atoms with Crippen molar-refractivity contribution in [3.8, 4) is 0 Å². The Bertz CT molecular complexity index is 474. The minimum atomic E-state index is -0.0177. The van der Waals surface area contributed by atoms with Crippen molar-refractivity contribution in [2.75, 3.05) is 13.7 Å². The number of piperidine rings is 1. The first kappa shape index (κ1) is 17.0. The maximum absolute atomic E-state index is 11.8. The van der Waals surface area contributed by atoms with E-state index in [9.17, 15) is 4.79 Å². The molecule has 1 amide bonds. The smallest absolute Gasteiger partial charge is 0.220 e. The first-order chi connectivity index (χ1) is 10.6. The summed E-state index contributed by atoms with van der Waals surface area (Å²) in [6.07, 6.45) is 8.67. The van der Waals surface area contributed by atoms with E-state index in [1.54, 1.807) is 11.8 Å². The van der Waals surface area contributed by atoms with Gasteiger partial charge in [0.2, 0.25) is 5.91 Å². The van der Waals surface area contributed by atoms with Gasteiger partial charge in [-0.2, -0.15) is 5.10 Å². The van der Waals surface area contributed by atoms with Crippen LogP contribution in [0.2, 0.25) is 0 Å². The number of methoxy groups -OCH3 is 1. The molecule has 1 aromatic rings. The summed E-state index contributed by atoms with van der Waals surface area (Å²) in [5.41, 5.74) is 1.06. The number of nitrogens with zero attached hydrogens (tertiary/aromatic N) is 2. The van der Waals surface area contributed by atoms with E-state index in [0.717, 1.165) is 18.4 Å². The fraction of sp³-hybridized carbons (Fsp3) is 0.750. The fourth-order valence-electron chi connectivity index (χ4n) is 3.06. The van der Waals surface area contributed by atoms with Crippen LogP contribution in [0.4, 0.5) is 0 Å². The Kier molecular flexibility index (Phi) is 6.39. The Hall–Kier alpha value is -1.40. The summed E-state index contributed by atoms with van der Waals surface area (Å²) in [5.74, 6) is 0.115. The molecule has 0 aromatic carbocycles. The van der Waals surface area contributed by atoms with Crippen LogP contribution in [0.15, 0.2) is 12.4 Å². The molecular formula is C16H28N4O2. The third kappa shape index (κ3) is 4.55. The van der Waals surface area contributed by atoms with Crippen LogP contribution in [0.25, 0.3) is 0 Å². The summed E-state index contributed by atoms with van der Waals surface area (Å²) in [6, 6.07) is 0.527. The number of ether oxygens (including phenoxy) is 1. The summed E-state index contributed by atoms with van der Waals surface area (Å²) < 4.78 is 7.12. The molecule has 0 unspecified atom stereocenters. The zero-order valence-corrected chi connectivity index (χ0v) is 13.8. The molecule has 1 aliphatic heterocycles. The Morgan fingerprint density at radius 2 is 2.41 bits per heavy atom. The van der Waals surface area contributed by atoms with Gasteiger partial charge in [-0.05, 0) is 12.8 Å². The molecule has 6 heteroatoms. The molecule has 0 aliphatic carbocycles. The number of aromatic nitrogens is 2. The molecule has 6 nitrogen and oxygen atoms in total. The van der Waals surface area contributed by atoms with Crippen LogP contribution >= 0.6 is 0 Å². The van der Waals surface area contributed by atoms with Gasteiger partial charge in [0.25, 0.3) is 0 Å². The topological polar surface area (TPSA) is 68.2 Å². The molecule has 1 aromatic heterocycles. The highest BCUT2D eigenvalue weighted by Gasteiger charge is 2.31. The average molecular weight is 308 g/mol. The molecule has 2 N–H and O–H groups in total. The molecular weight excluding hydrogens is 280 g/mol. The summed E-state index contributed by atoms with van der Waals surface area (Å²) in [4.78, 5) is 11.8. The van der Waals surface area contributed by atoms with Crippen molar-refractivity contribution < 1.29 is 9.53 Å². The number of amides is 1. The van der Waals surface area contributed by atoms with E-state index in [-0.39, 0.29) is 18.0 Å². The molecule has 2 rings (SSSR count). The van der Waals surface area contributed by atoms with Gasteiger partial charge in [-0.15, -0.1) is 0 Å². The highest BCUT2D eigenvalue weighted by atomic mass is 16.5. The first-order valence-corrected chi connectivity index (χ1v) is 8.17. The van der Waals surface area contributed by atoms with Crippen LogP contribution in [-0.2, 0) is 16.6 Å². The van der Waals surface area contributed by atoms with Crippen molar-refractivity contribution in [2.24, 2.45) is 7.05 Å². The third-order valence-corrected chi connectivity index (χ3v) is 4.21. The molecule has 0 radical (unpaired) electrons. The van der Waals surface area contributed by atoms with Crippen molar-refractivity contribution in [3.05, 3.63) is 18.0 Å². The summed E-state index contributed by atoms with van der Waals surface area (Å²) >= 11 is 0. The molecule has 3 atom stereocenters. The Morgan fingerprint density at radius 3 is 3.05 bits per heavy atom. The third-order valence-electron chi connectivity index (χ3n) is 4.21. The van der Waals surface area contributed by atoms with Crippen LogP contribution in [0, 0.1) is 0 Å². The first-order valence-electron chi connectivity index (χ1n) is 8.17. The molecule has 0 saturated carbocycles. The lowest BCUT2D eigenvalue weighted by Crippen LogP contribution is -2.52. The summed E-state index contributed by atoms with van der Waals surface area (Å²) in [7, 11) is 3.63. The second-order valence-electron chi connectivity index (χ2n) is 6.10. The lowest BCUT2D eigenvalue weighted by Gasteiger charge is -2.35. The van der Waals surface area contributed by atoms with Crippen LogP contribution in [0.1, 0.15) is 50.6 Å². The van der Waals surface area contributed by atoms with Crippen molar-refractivity contribution >= 4 is 5.91 Å². The molecule has 1 fully saturated rings. The van der Waals surface area contributed by atoms with E-state index in [1.165, 1.54) is 12.8 Å². The van der Waals surface area contributed by atoms with Crippen molar-refractivity contribution in [1.82, 2.24) is 20.4 Å². The normalized spacial score (nSPS) is 23.3. The van der Waals surface area contributed by atoms with E-state index < -0.39 is 0 Å². The van der Waals surface area contributed by atoms with Crippen molar-refractivity contribution in [3.63, 3.8) is 0 Å². The van der Waals surface area contributed by atoms with Gasteiger partial charge >= 0.3 is 0 Å². The number of hydrogen-bond acceptors (Lipinski definition) is 4. The summed E-state index contributed by atoms with van der Waals surface area (Å²) in [5, 5.41) is 11.0. The molecule has 2 heterocycles. The lowest BCUT2D eigenvalue weighted by molar-refractivity contribution is -0.124. The lowest BCUT2D eigenvalue weighted by atomic mass is 9.92. The van der Waals surface area contributed by atoms with E-state index in [2.05, 4.69) is 22.7 Å². The fourth-order valence-corrected chi connectivity index (χ4v) is 3.06. The minimum Gasteiger partial charge on any atom is -0.383 e. The number of nitrogens with one attached hydrogen (secondary N) is 2. The largest absolute Gasteiger partial charge is 0.383 e. The molecule has 22 heavy (non-hydrogen) atoms. The number of rotatable bonds is 8. The Morgan fingerprint density at radius 1 is 1.59 bits per heavy atom. The van der Waals surface area contributed by atoms with Gasteiger partial charge in [-0.1, -0.05) is 19.8 Å². The van der Waals surface area contributed by atoms with Gasteiger partial charge < -0.3 is 15.4 Å². The van der Waals surface area contributed by atoms with Gasteiger partial charge in [0.05, 0.1) is 18.8 Å². The Balaban J connectivity index is 2.06. The predicted molar refractivity (Wildman–Crippen MR) is 85.4 cm³/mol.